The molecule has 0 aromatic carbocycles. The van der Waals surface area contributed by atoms with Gasteiger partial charge in [-0.25, -0.2) is 0 Å². The van der Waals surface area contributed by atoms with Gasteiger partial charge in [-0.3, -0.25) is 19.2 Å². The summed E-state index contributed by atoms with van der Waals surface area (Å²) in [4.78, 5) is 24.5. The minimum Gasteiger partial charge on any atom is -0.480 e. The van der Waals surface area contributed by atoms with Crippen molar-refractivity contribution >= 4 is 23.5 Å². The Labute approximate surface area is 134 Å². The number of rotatable bonds is 8. The van der Waals surface area contributed by atoms with Gasteiger partial charge >= 0.3 is 5.97 Å². The smallest absolute Gasteiger partial charge is 0.317 e. The Morgan fingerprint density at radius 1 is 1.55 bits per heavy atom. The van der Waals surface area contributed by atoms with Gasteiger partial charge in [-0.2, -0.15) is 5.10 Å². The summed E-state index contributed by atoms with van der Waals surface area (Å²) in [6, 6.07) is 0.387. The molecule has 1 saturated carbocycles. The van der Waals surface area contributed by atoms with E-state index in [1.807, 2.05) is 11.8 Å². The summed E-state index contributed by atoms with van der Waals surface area (Å²) in [5, 5.41) is 16.4. The molecule has 7 nitrogen and oxygen atoms in total. The van der Waals surface area contributed by atoms with E-state index in [1.165, 1.54) is 6.20 Å². The monoisotopic (exact) mass is 328 g/mol. The third-order valence-electron chi connectivity index (χ3n) is 3.91. The SMILES string of the molecule is CCN(CC(=O)O)C1CC(NC(=O)CCn2cc(Cl)cn2)C1. The average Bonchev–Trinajstić information content (AvgIpc) is 2.83. The summed E-state index contributed by atoms with van der Waals surface area (Å²) >= 11 is 5.76. The van der Waals surface area contributed by atoms with Gasteiger partial charge in [0.25, 0.3) is 0 Å². The maximum absolute atomic E-state index is 11.9. The van der Waals surface area contributed by atoms with Gasteiger partial charge in [0, 0.05) is 31.2 Å². The number of aliphatic carboxylic acids is 1. The number of nitrogens with zero attached hydrogens (tertiary/aromatic N) is 3. The van der Waals surface area contributed by atoms with Crippen molar-refractivity contribution < 1.29 is 14.7 Å². The van der Waals surface area contributed by atoms with Crippen LogP contribution in [0.2, 0.25) is 5.02 Å². The van der Waals surface area contributed by atoms with E-state index in [0.29, 0.717) is 24.5 Å². The lowest BCUT2D eigenvalue weighted by Gasteiger charge is -2.42. The zero-order valence-electron chi connectivity index (χ0n) is 12.5. The van der Waals surface area contributed by atoms with Crippen LogP contribution in [0, 0.1) is 0 Å². The molecule has 0 bridgehead atoms. The number of aryl methyl sites for hydroxylation is 1. The first kappa shape index (κ1) is 16.8. The Bertz CT molecular complexity index is 528. The van der Waals surface area contributed by atoms with Gasteiger partial charge in [0.1, 0.15) is 0 Å². The number of hydrogen-bond acceptors (Lipinski definition) is 4. The topological polar surface area (TPSA) is 87.5 Å². The van der Waals surface area contributed by atoms with E-state index < -0.39 is 5.97 Å². The second kappa shape index (κ2) is 7.60. The van der Waals surface area contributed by atoms with Crippen LogP contribution in [0.1, 0.15) is 26.2 Å². The first-order chi connectivity index (χ1) is 10.5. The molecule has 0 saturated heterocycles. The van der Waals surface area contributed by atoms with E-state index in [1.54, 1.807) is 10.9 Å². The fraction of sp³-hybridized carbons (Fsp3) is 0.643. The number of carboxylic acid groups (broad SMARTS) is 1. The molecule has 0 unspecified atom stereocenters. The summed E-state index contributed by atoms with van der Waals surface area (Å²) < 4.78 is 1.64. The molecule has 1 amide bonds. The van der Waals surface area contributed by atoms with E-state index in [9.17, 15) is 9.59 Å². The quantitative estimate of drug-likeness (QED) is 0.742. The molecule has 122 valence electrons. The number of carbonyl (C=O) groups is 2. The molecule has 0 atom stereocenters. The molecule has 1 aromatic heterocycles. The van der Waals surface area contributed by atoms with Gasteiger partial charge in [-0.15, -0.1) is 0 Å². The van der Waals surface area contributed by atoms with Gasteiger partial charge in [0.15, 0.2) is 0 Å². The van der Waals surface area contributed by atoms with E-state index in [2.05, 4.69) is 10.4 Å². The van der Waals surface area contributed by atoms with E-state index in [4.69, 9.17) is 16.7 Å². The van der Waals surface area contributed by atoms with Crippen molar-refractivity contribution in [3.63, 3.8) is 0 Å². The van der Waals surface area contributed by atoms with Crippen molar-refractivity contribution in [1.82, 2.24) is 20.0 Å². The van der Waals surface area contributed by atoms with Gasteiger partial charge < -0.3 is 10.4 Å². The van der Waals surface area contributed by atoms with Gasteiger partial charge in [0.2, 0.25) is 5.91 Å². The highest BCUT2D eigenvalue weighted by atomic mass is 35.5. The Hall–Kier alpha value is -1.60. The molecular formula is C14H21ClN4O3. The molecule has 1 heterocycles. The molecule has 0 radical (unpaired) electrons. The van der Waals surface area contributed by atoms with Crippen molar-refractivity contribution in [1.29, 1.82) is 0 Å². The lowest BCUT2D eigenvalue weighted by molar-refractivity contribution is -0.139. The molecule has 1 aliphatic carbocycles. The minimum atomic E-state index is -0.813. The molecule has 1 aromatic rings. The van der Waals surface area contributed by atoms with Gasteiger partial charge in [-0.05, 0) is 19.4 Å². The molecule has 8 heteroatoms. The van der Waals surface area contributed by atoms with Crippen molar-refractivity contribution in [2.75, 3.05) is 13.1 Å². The first-order valence-corrected chi connectivity index (χ1v) is 7.79. The summed E-state index contributed by atoms with van der Waals surface area (Å²) in [6.45, 7) is 3.21. The summed E-state index contributed by atoms with van der Waals surface area (Å²) in [7, 11) is 0. The third kappa shape index (κ3) is 4.71. The third-order valence-corrected chi connectivity index (χ3v) is 4.10. The number of carbonyl (C=O) groups excluding carboxylic acids is 1. The van der Waals surface area contributed by atoms with Crippen molar-refractivity contribution in [3.05, 3.63) is 17.4 Å². The van der Waals surface area contributed by atoms with Crippen LogP contribution in [-0.4, -0.2) is 56.8 Å². The lowest BCUT2D eigenvalue weighted by Crippen LogP contribution is -2.54. The zero-order valence-corrected chi connectivity index (χ0v) is 13.3. The van der Waals surface area contributed by atoms with Crippen LogP contribution in [0.5, 0.6) is 0 Å². The summed E-state index contributed by atoms with van der Waals surface area (Å²) in [5.41, 5.74) is 0. The van der Waals surface area contributed by atoms with Crippen molar-refractivity contribution in [2.45, 2.75) is 44.8 Å². The fourth-order valence-corrected chi connectivity index (χ4v) is 2.81. The fourth-order valence-electron chi connectivity index (χ4n) is 2.65. The van der Waals surface area contributed by atoms with Crippen LogP contribution < -0.4 is 5.32 Å². The maximum Gasteiger partial charge on any atom is 0.317 e. The molecule has 0 aliphatic heterocycles. The predicted octanol–water partition coefficient (Wildman–Crippen LogP) is 0.980. The first-order valence-electron chi connectivity index (χ1n) is 7.41. The Morgan fingerprint density at radius 3 is 2.82 bits per heavy atom. The number of likely N-dealkylation sites (N-methyl/N-ethyl adjacent to an activating group) is 1. The van der Waals surface area contributed by atoms with Crippen LogP contribution >= 0.6 is 11.6 Å². The number of carboxylic acids is 1. The molecule has 1 fully saturated rings. The molecule has 2 N–H and O–H groups in total. The van der Waals surface area contributed by atoms with Crippen LogP contribution in [-0.2, 0) is 16.1 Å². The number of aromatic nitrogens is 2. The van der Waals surface area contributed by atoms with E-state index in [-0.39, 0.29) is 24.5 Å². The number of halogens is 1. The zero-order chi connectivity index (χ0) is 16.1. The van der Waals surface area contributed by atoms with Crippen LogP contribution in [0.4, 0.5) is 0 Å². The van der Waals surface area contributed by atoms with Crippen LogP contribution in [0.15, 0.2) is 12.4 Å². The standard InChI is InChI=1S/C14H21ClN4O3/c1-2-18(9-14(21)22)12-5-11(6-12)17-13(20)3-4-19-8-10(15)7-16-19/h7-8,11-12H,2-6,9H2,1H3,(H,17,20)(H,21,22). The average molecular weight is 329 g/mol. The summed E-state index contributed by atoms with van der Waals surface area (Å²) in [5.74, 6) is -0.830. The van der Waals surface area contributed by atoms with Crippen molar-refractivity contribution in [3.8, 4) is 0 Å². The van der Waals surface area contributed by atoms with E-state index >= 15 is 0 Å². The largest absolute Gasteiger partial charge is 0.480 e. The molecule has 1 aliphatic rings. The molecular weight excluding hydrogens is 308 g/mol. The number of amides is 1. The molecule has 22 heavy (non-hydrogen) atoms. The van der Waals surface area contributed by atoms with Gasteiger partial charge in [0.05, 0.1) is 17.8 Å². The molecule has 2 rings (SSSR count). The van der Waals surface area contributed by atoms with Crippen LogP contribution in [0.3, 0.4) is 0 Å². The van der Waals surface area contributed by atoms with E-state index in [0.717, 1.165) is 12.8 Å². The number of nitrogens with one attached hydrogen (secondary N) is 1. The van der Waals surface area contributed by atoms with Crippen LogP contribution in [0.25, 0.3) is 0 Å². The summed E-state index contributed by atoms with van der Waals surface area (Å²) in [6.07, 6.45) is 5.18. The highest BCUT2D eigenvalue weighted by molar-refractivity contribution is 6.30. The Balaban J connectivity index is 1.66. The Morgan fingerprint density at radius 2 is 2.27 bits per heavy atom. The highest BCUT2D eigenvalue weighted by Gasteiger charge is 2.34. The Kier molecular flexibility index (Phi) is 5.79. The molecule has 0 spiro atoms. The lowest BCUT2D eigenvalue weighted by atomic mass is 9.85. The predicted molar refractivity (Wildman–Crippen MR) is 81.7 cm³/mol. The van der Waals surface area contributed by atoms with Crippen molar-refractivity contribution in [2.24, 2.45) is 0 Å². The normalized spacial score (nSPS) is 20.7. The number of hydrogen-bond donors (Lipinski definition) is 2. The highest BCUT2D eigenvalue weighted by Crippen LogP contribution is 2.25. The maximum atomic E-state index is 11.9. The van der Waals surface area contributed by atoms with Gasteiger partial charge in [-0.1, -0.05) is 18.5 Å². The second-order valence-corrected chi connectivity index (χ2v) is 5.95. The second-order valence-electron chi connectivity index (χ2n) is 5.52. The minimum absolute atomic E-state index is 0.0173.